The van der Waals surface area contributed by atoms with E-state index in [0.717, 1.165) is 47.9 Å². The summed E-state index contributed by atoms with van der Waals surface area (Å²) in [5.41, 5.74) is 1.94. The molecular formula is C18H24N2O3. The fraction of sp³-hybridized carbons (Fsp3) is 0.500. The molecule has 0 bridgehead atoms. The minimum atomic E-state index is 0.0456. The summed E-state index contributed by atoms with van der Waals surface area (Å²) >= 11 is 0. The van der Waals surface area contributed by atoms with Crippen LogP contribution < -0.4 is 10.1 Å². The Morgan fingerprint density at radius 3 is 2.83 bits per heavy atom. The van der Waals surface area contributed by atoms with Gasteiger partial charge >= 0.3 is 0 Å². The maximum Gasteiger partial charge on any atom is 0.224 e. The van der Waals surface area contributed by atoms with Gasteiger partial charge in [-0.15, -0.1) is 0 Å². The van der Waals surface area contributed by atoms with Gasteiger partial charge in [0.15, 0.2) is 0 Å². The molecule has 0 atom stereocenters. The van der Waals surface area contributed by atoms with Crippen molar-refractivity contribution in [3.8, 4) is 5.75 Å². The summed E-state index contributed by atoms with van der Waals surface area (Å²) in [5.74, 6) is 1.24. The van der Waals surface area contributed by atoms with Crippen LogP contribution in [0.15, 0.2) is 24.4 Å². The largest absolute Gasteiger partial charge is 0.496 e. The number of aliphatic hydroxyl groups excluding tert-OH is 1. The number of ether oxygens (including phenoxy) is 1. The third-order valence-electron chi connectivity index (χ3n) is 4.79. The number of benzene rings is 1. The van der Waals surface area contributed by atoms with Crippen molar-refractivity contribution in [1.82, 2.24) is 10.3 Å². The number of rotatable bonds is 5. The molecule has 1 aromatic heterocycles. The van der Waals surface area contributed by atoms with Crippen LogP contribution in [-0.2, 0) is 11.2 Å². The number of aliphatic hydroxyl groups is 1. The molecular weight excluding hydrogens is 292 g/mol. The van der Waals surface area contributed by atoms with Crippen molar-refractivity contribution in [2.24, 2.45) is 5.92 Å². The van der Waals surface area contributed by atoms with Crippen molar-refractivity contribution in [3.63, 3.8) is 0 Å². The third-order valence-corrected chi connectivity index (χ3v) is 4.79. The van der Waals surface area contributed by atoms with Crippen LogP contribution in [0.3, 0.4) is 0 Å². The van der Waals surface area contributed by atoms with Gasteiger partial charge in [-0.2, -0.15) is 0 Å². The first-order chi connectivity index (χ1) is 11.2. The number of hydrogen-bond donors (Lipinski definition) is 3. The Balaban J connectivity index is 1.64. The summed E-state index contributed by atoms with van der Waals surface area (Å²) in [6, 6.07) is 6.06. The predicted molar refractivity (Wildman–Crippen MR) is 89.5 cm³/mol. The van der Waals surface area contributed by atoms with Crippen molar-refractivity contribution in [1.29, 1.82) is 0 Å². The highest BCUT2D eigenvalue weighted by Gasteiger charge is 2.22. The molecule has 1 saturated carbocycles. The van der Waals surface area contributed by atoms with E-state index in [4.69, 9.17) is 4.74 Å². The molecule has 1 amide bonds. The second-order valence-corrected chi connectivity index (χ2v) is 6.34. The number of aromatic amines is 1. The normalized spacial score (nSPS) is 21.3. The molecule has 0 radical (unpaired) electrons. The van der Waals surface area contributed by atoms with Gasteiger partial charge in [-0.1, -0.05) is 6.07 Å². The maximum atomic E-state index is 12.4. The van der Waals surface area contributed by atoms with Crippen LogP contribution in [0.5, 0.6) is 5.75 Å². The van der Waals surface area contributed by atoms with Gasteiger partial charge in [-0.05, 0) is 49.3 Å². The molecule has 1 aliphatic carbocycles. The van der Waals surface area contributed by atoms with Gasteiger partial charge in [0.25, 0.3) is 0 Å². The minimum Gasteiger partial charge on any atom is -0.496 e. The predicted octanol–water partition coefficient (Wildman–Crippen LogP) is 2.39. The number of fused-ring (bicyclic) bond motifs is 1. The molecule has 1 aromatic carbocycles. The summed E-state index contributed by atoms with van der Waals surface area (Å²) in [6.07, 6.45) is 6.11. The van der Waals surface area contributed by atoms with E-state index in [9.17, 15) is 9.90 Å². The standard InChI is InChI=1S/C18H24N2O3/c1-23-16-4-2-3-15-18(16)13(10-19-15)9-17(22)20-14-7-5-12(11-21)6-8-14/h2-4,10,12,14,19,21H,5-9,11H2,1H3,(H,20,22). The number of H-pyrrole nitrogens is 1. The Bertz CT molecular complexity index is 672. The van der Waals surface area contributed by atoms with E-state index in [0.29, 0.717) is 12.3 Å². The van der Waals surface area contributed by atoms with Gasteiger partial charge in [0.1, 0.15) is 5.75 Å². The summed E-state index contributed by atoms with van der Waals surface area (Å²) in [5, 5.41) is 13.3. The summed E-state index contributed by atoms with van der Waals surface area (Å²) < 4.78 is 5.41. The lowest BCUT2D eigenvalue weighted by Crippen LogP contribution is -2.38. The van der Waals surface area contributed by atoms with E-state index >= 15 is 0 Å². The Labute approximate surface area is 136 Å². The molecule has 1 fully saturated rings. The van der Waals surface area contributed by atoms with Gasteiger partial charge < -0.3 is 20.1 Å². The topological polar surface area (TPSA) is 74.4 Å². The highest BCUT2D eigenvalue weighted by molar-refractivity contribution is 5.93. The zero-order chi connectivity index (χ0) is 16.2. The molecule has 3 N–H and O–H groups in total. The van der Waals surface area contributed by atoms with E-state index in [-0.39, 0.29) is 18.6 Å². The fourth-order valence-corrected chi connectivity index (χ4v) is 3.47. The van der Waals surface area contributed by atoms with E-state index in [2.05, 4.69) is 10.3 Å². The number of amides is 1. The van der Waals surface area contributed by atoms with Crippen LogP contribution in [0.4, 0.5) is 0 Å². The van der Waals surface area contributed by atoms with Crippen LogP contribution in [-0.4, -0.2) is 35.8 Å². The van der Waals surface area contributed by atoms with E-state index in [1.807, 2.05) is 24.4 Å². The smallest absolute Gasteiger partial charge is 0.224 e. The van der Waals surface area contributed by atoms with E-state index in [1.54, 1.807) is 7.11 Å². The molecule has 124 valence electrons. The second-order valence-electron chi connectivity index (χ2n) is 6.34. The first-order valence-corrected chi connectivity index (χ1v) is 8.24. The highest BCUT2D eigenvalue weighted by atomic mass is 16.5. The molecule has 0 aliphatic heterocycles. The van der Waals surface area contributed by atoms with Gasteiger partial charge in [0.05, 0.1) is 13.5 Å². The Morgan fingerprint density at radius 2 is 2.13 bits per heavy atom. The molecule has 23 heavy (non-hydrogen) atoms. The molecule has 1 heterocycles. The number of methoxy groups -OCH3 is 1. The number of carbonyl (C=O) groups excluding carboxylic acids is 1. The van der Waals surface area contributed by atoms with Crippen molar-refractivity contribution in [2.75, 3.05) is 13.7 Å². The quantitative estimate of drug-likeness (QED) is 0.793. The van der Waals surface area contributed by atoms with E-state index < -0.39 is 0 Å². The first-order valence-electron chi connectivity index (χ1n) is 8.24. The average molecular weight is 316 g/mol. The second kappa shape index (κ2) is 7.04. The lowest BCUT2D eigenvalue weighted by Gasteiger charge is -2.27. The Hall–Kier alpha value is -2.01. The molecule has 3 rings (SSSR count). The van der Waals surface area contributed by atoms with Crippen molar-refractivity contribution in [3.05, 3.63) is 30.0 Å². The average Bonchev–Trinajstić information content (AvgIpc) is 2.98. The van der Waals surface area contributed by atoms with Crippen LogP contribution in [0.25, 0.3) is 10.9 Å². The highest BCUT2D eigenvalue weighted by Crippen LogP contribution is 2.29. The van der Waals surface area contributed by atoms with Crippen LogP contribution in [0.2, 0.25) is 0 Å². The first kappa shape index (κ1) is 15.9. The molecule has 0 saturated heterocycles. The molecule has 0 unspecified atom stereocenters. The Kier molecular flexibility index (Phi) is 4.86. The molecule has 2 aromatic rings. The van der Waals surface area contributed by atoms with Gasteiger partial charge in [0, 0.05) is 29.7 Å². The molecule has 1 aliphatic rings. The summed E-state index contributed by atoms with van der Waals surface area (Å²) in [7, 11) is 1.64. The van der Waals surface area contributed by atoms with Crippen molar-refractivity contribution < 1.29 is 14.6 Å². The zero-order valence-electron chi connectivity index (χ0n) is 13.5. The minimum absolute atomic E-state index is 0.0456. The molecule has 5 nitrogen and oxygen atoms in total. The van der Waals surface area contributed by atoms with Gasteiger partial charge in [-0.25, -0.2) is 0 Å². The third kappa shape index (κ3) is 3.50. The monoisotopic (exact) mass is 316 g/mol. The summed E-state index contributed by atoms with van der Waals surface area (Å²) in [4.78, 5) is 15.6. The van der Waals surface area contributed by atoms with Crippen molar-refractivity contribution >= 4 is 16.8 Å². The number of carbonyl (C=O) groups is 1. The fourth-order valence-electron chi connectivity index (χ4n) is 3.47. The van der Waals surface area contributed by atoms with Gasteiger partial charge in [-0.3, -0.25) is 4.79 Å². The van der Waals surface area contributed by atoms with Gasteiger partial charge in [0.2, 0.25) is 5.91 Å². The Morgan fingerprint density at radius 1 is 1.35 bits per heavy atom. The number of aromatic nitrogens is 1. The van der Waals surface area contributed by atoms with Crippen LogP contribution >= 0.6 is 0 Å². The lowest BCUT2D eigenvalue weighted by molar-refractivity contribution is -0.121. The number of hydrogen-bond acceptors (Lipinski definition) is 3. The SMILES string of the molecule is COc1cccc2[nH]cc(CC(=O)NC3CCC(CO)CC3)c12. The van der Waals surface area contributed by atoms with Crippen LogP contribution in [0.1, 0.15) is 31.2 Å². The lowest BCUT2D eigenvalue weighted by atomic mass is 9.86. The van der Waals surface area contributed by atoms with Crippen LogP contribution in [0, 0.1) is 5.92 Å². The maximum absolute atomic E-state index is 12.4. The van der Waals surface area contributed by atoms with Crippen molar-refractivity contribution in [2.45, 2.75) is 38.1 Å². The summed E-state index contributed by atoms with van der Waals surface area (Å²) in [6.45, 7) is 0.260. The van der Waals surface area contributed by atoms with E-state index in [1.165, 1.54) is 0 Å². The molecule has 0 spiro atoms. The number of nitrogens with one attached hydrogen (secondary N) is 2. The molecule has 5 heteroatoms. The zero-order valence-corrected chi connectivity index (χ0v) is 13.5.